The minimum Gasteiger partial charge on any atom is -0.469 e. The summed E-state index contributed by atoms with van der Waals surface area (Å²) in [5.41, 5.74) is 3.82. The Labute approximate surface area is 134 Å². The van der Waals surface area contributed by atoms with Crippen LogP contribution >= 0.6 is 0 Å². The molecule has 1 nitrogen and oxygen atoms in total. The molecule has 2 aromatic rings. The van der Waals surface area contributed by atoms with E-state index in [-0.39, 0.29) is 5.41 Å². The molecule has 1 unspecified atom stereocenters. The van der Waals surface area contributed by atoms with Crippen LogP contribution in [0.25, 0.3) is 11.1 Å². The molecular weight excluding hydrogens is 268 g/mol. The van der Waals surface area contributed by atoms with Gasteiger partial charge in [-0.25, -0.2) is 0 Å². The minimum absolute atomic E-state index is 0.0489. The van der Waals surface area contributed by atoms with E-state index in [1.165, 1.54) is 16.7 Å². The van der Waals surface area contributed by atoms with Crippen LogP contribution < -0.4 is 0 Å². The van der Waals surface area contributed by atoms with E-state index in [0.29, 0.717) is 0 Å². The zero-order valence-electron chi connectivity index (χ0n) is 13.9. The molecule has 1 aromatic carbocycles. The molecule has 22 heavy (non-hydrogen) atoms. The number of rotatable bonds is 7. The molecule has 1 heteroatoms. The van der Waals surface area contributed by atoms with Crippen molar-refractivity contribution in [3.8, 4) is 11.1 Å². The van der Waals surface area contributed by atoms with Crippen molar-refractivity contribution < 1.29 is 4.42 Å². The Hall–Kier alpha value is -2.02. The quantitative estimate of drug-likeness (QED) is 0.536. The normalized spacial score (nSPS) is 13.4. The van der Waals surface area contributed by atoms with Crippen LogP contribution in [0.4, 0.5) is 0 Å². The maximum absolute atomic E-state index is 5.78. The van der Waals surface area contributed by atoms with Gasteiger partial charge < -0.3 is 4.42 Å². The van der Waals surface area contributed by atoms with Crippen molar-refractivity contribution in [2.45, 2.75) is 40.0 Å². The van der Waals surface area contributed by atoms with Crippen LogP contribution in [0.1, 0.15) is 39.4 Å². The van der Waals surface area contributed by atoms with E-state index in [1.54, 1.807) is 6.26 Å². The number of furan rings is 1. The monoisotopic (exact) mass is 294 g/mol. The van der Waals surface area contributed by atoms with Gasteiger partial charge in [0.2, 0.25) is 0 Å². The molecule has 0 aliphatic rings. The van der Waals surface area contributed by atoms with E-state index in [2.05, 4.69) is 69.8 Å². The molecule has 0 radical (unpaired) electrons. The lowest BCUT2D eigenvalue weighted by atomic mass is 9.80. The van der Waals surface area contributed by atoms with Crippen molar-refractivity contribution >= 4 is 0 Å². The predicted molar refractivity (Wildman–Crippen MR) is 94.8 cm³/mol. The highest BCUT2D eigenvalue weighted by atomic mass is 16.3. The van der Waals surface area contributed by atoms with Gasteiger partial charge in [-0.05, 0) is 43.7 Å². The number of allylic oxidation sites excluding steroid dienone is 3. The van der Waals surface area contributed by atoms with E-state index in [9.17, 15) is 0 Å². The van der Waals surface area contributed by atoms with Gasteiger partial charge in [0.25, 0.3) is 0 Å². The molecule has 0 saturated carbocycles. The zero-order chi connectivity index (χ0) is 16.0. The fraction of sp³-hybridized carbons (Fsp3) is 0.333. The van der Waals surface area contributed by atoms with Crippen molar-refractivity contribution in [2.75, 3.05) is 0 Å². The summed E-state index contributed by atoms with van der Waals surface area (Å²) in [4.78, 5) is 0. The second kappa shape index (κ2) is 7.31. The number of hydrogen-bond donors (Lipinski definition) is 0. The third-order valence-electron chi connectivity index (χ3n) is 4.16. The Morgan fingerprint density at radius 3 is 2.55 bits per heavy atom. The van der Waals surface area contributed by atoms with E-state index in [4.69, 9.17) is 4.42 Å². The molecule has 0 aliphatic carbocycles. The SMILES string of the molecule is C=CC(C)(CCC=C(C)C)Cc1occc1-c1ccccc1. The fourth-order valence-corrected chi connectivity index (χ4v) is 2.67. The maximum atomic E-state index is 5.78. The van der Waals surface area contributed by atoms with Gasteiger partial charge in [-0.2, -0.15) is 0 Å². The topological polar surface area (TPSA) is 13.1 Å². The first-order valence-electron chi connectivity index (χ1n) is 7.93. The summed E-state index contributed by atoms with van der Waals surface area (Å²) < 4.78 is 5.78. The highest BCUT2D eigenvalue weighted by molar-refractivity contribution is 5.65. The highest BCUT2D eigenvalue weighted by Gasteiger charge is 2.23. The molecule has 0 aliphatic heterocycles. The third kappa shape index (κ3) is 4.24. The van der Waals surface area contributed by atoms with Gasteiger partial charge in [0, 0.05) is 12.0 Å². The Bertz CT molecular complexity index is 629. The van der Waals surface area contributed by atoms with Crippen LogP contribution in [0.15, 0.2) is 71.4 Å². The van der Waals surface area contributed by atoms with Gasteiger partial charge in [0.15, 0.2) is 0 Å². The minimum atomic E-state index is 0.0489. The van der Waals surface area contributed by atoms with Crippen LogP contribution in [-0.2, 0) is 6.42 Å². The van der Waals surface area contributed by atoms with Crippen LogP contribution in [-0.4, -0.2) is 0 Å². The van der Waals surface area contributed by atoms with Crippen molar-refractivity contribution in [1.82, 2.24) is 0 Å². The second-order valence-corrected chi connectivity index (χ2v) is 6.48. The van der Waals surface area contributed by atoms with Crippen LogP contribution in [0.5, 0.6) is 0 Å². The van der Waals surface area contributed by atoms with Crippen LogP contribution in [0.2, 0.25) is 0 Å². The first kappa shape index (κ1) is 16.4. The van der Waals surface area contributed by atoms with Gasteiger partial charge in [0.05, 0.1) is 6.26 Å². The van der Waals surface area contributed by atoms with Gasteiger partial charge in [0.1, 0.15) is 5.76 Å². The number of hydrogen-bond acceptors (Lipinski definition) is 1. The molecular formula is C21H26O. The van der Waals surface area contributed by atoms with Crippen molar-refractivity contribution in [1.29, 1.82) is 0 Å². The summed E-state index contributed by atoms with van der Waals surface area (Å²) in [5.74, 6) is 1.05. The summed E-state index contributed by atoms with van der Waals surface area (Å²) in [5, 5.41) is 0. The predicted octanol–water partition coefficient (Wildman–Crippen LogP) is 6.43. The summed E-state index contributed by atoms with van der Waals surface area (Å²) >= 11 is 0. The first-order chi connectivity index (χ1) is 10.5. The lowest BCUT2D eigenvalue weighted by Crippen LogP contribution is -2.16. The van der Waals surface area contributed by atoms with Gasteiger partial charge in [-0.15, -0.1) is 6.58 Å². The first-order valence-corrected chi connectivity index (χ1v) is 7.93. The fourth-order valence-electron chi connectivity index (χ4n) is 2.67. The molecule has 0 saturated heterocycles. The summed E-state index contributed by atoms with van der Waals surface area (Å²) in [6.45, 7) is 10.6. The Morgan fingerprint density at radius 1 is 1.18 bits per heavy atom. The van der Waals surface area contributed by atoms with E-state index >= 15 is 0 Å². The molecule has 0 spiro atoms. The van der Waals surface area contributed by atoms with E-state index in [1.807, 2.05) is 6.07 Å². The average Bonchev–Trinajstić information content (AvgIpc) is 2.95. The standard InChI is InChI=1S/C21H26O/c1-5-21(4,14-9-10-17(2)3)16-20-19(13-15-22-20)18-11-7-6-8-12-18/h5-8,10-13,15H,1,9,14,16H2,2-4H3. The molecule has 0 N–H and O–H groups in total. The van der Waals surface area contributed by atoms with E-state index in [0.717, 1.165) is 25.0 Å². The molecule has 0 bridgehead atoms. The van der Waals surface area contributed by atoms with E-state index < -0.39 is 0 Å². The molecule has 116 valence electrons. The Balaban J connectivity index is 2.17. The van der Waals surface area contributed by atoms with Gasteiger partial charge >= 0.3 is 0 Å². The summed E-state index contributed by atoms with van der Waals surface area (Å²) in [7, 11) is 0. The molecule has 1 aromatic heterocycles. The lowest BCUT2D eigenvalue weighted by Gasteiger charge is -2.24. The second-order valence-electron chi connectivity index (χ2n) is 6.48. The Morgan fingerprint density at radius 2 is 1.91 bits per heavy atom. The largest absolute Gasteiger partial charge is 0.469 e. The average molecular weight is 294 g/mol. The highest BCUT2D eigenvalue weighted by Crippen LogP contribution is 2.34. The van der Waals surface area contributed by atoms with Crippen LogP contribution in [0.3, 0.4) is 0 Å². The molecule has 1 heterocycles. The van der Waals surface area contributed by atoms with Gasteiger partial charge in [-0.1, -0.05) is 55.0 Å². The molecule has 2 rings (SSSR count). The number of benzene rings is 1. The lowest BCUT2D eigenvalue weighted by molar-refractivity contribution is 0.353. The summed E-state index contributed by atoms with van der Waals surface area (Å²) in [6.07, 6.45) is 9.19. The molecule has 0 amide bonds. The van der Waals surface area contributed by atoms with Crippen molar-refractivity contribution in [2.24, 2.45) is 5.41 Å². The van der Waals surface area contributed by atoms with Gasteiger partial charge in [-0.3, -0.25) is 0 Å². The molecule has 0 fully saturated rings. The Kier molecular flexibility index (Phi) is 5.43. The zero-order valence-corrected chi connectivity index (χ0v) is 13.9. The van der Waals surface area contributed by atoms with Crippen molar-refractivity contribution in [3.05, 3.63) is 72.7 Å². The summed E-state index contributed by atoms with van der Waals surface area (Å²) in [6, 6.07) is 12.5. The molecule has 1 atom stereocenters. The maximum Gasteiger partial charge on any atom is 0.112 e. The third-order valence-corrected chi connectivity index (χ3v) is 4.16. The smallest absolute Gasteiger partial charge is 0.112 e. The van der Waals surface area contributed by atoms with Crippen molar-refractivity contribution in [3.63, 3.8) is 0 Å². The van der Waals surface area contributed by atoms with Crippen LogP contribution in [0, 0.1) is 5.41 Å².